The molecule has 5 nitrogen and oxygen atoms in total. The average molecular weight is 329 g/mol. The van der Waals surface area contributed by atoms with Crippen LogP contribution in [-0.2, 0) is 22.3 Å². The molecule has 0 saturated carbocycles. The molecule has 2 aromatic carbocycles. The van der Waals surface area contributed by atoms with Crippen LogP contribution in [0.5, 0.6) is 0 Å². The van der Waals surface area contributed by atoms with Crippen LogP contribution in [0.1, 0.15) is 15.9 Å². The van der Waals surface area contributed by atoms with E-state index in [0.29, 0.717) is 17.0 Å². The van der Waals surface area contributed by atoms with Gasteiger partial charge in [-0.1, -0.05) is 12.1 Å². The van der Waals surface area contributed by atoms with Gasteiger partial charge in [-0.2, -0.15) is 0 Å². The van der Waals surface area contributed by atoms with Gasteiger partial charge in [0.25, 0.3) is 0 Å². The lowest BCUT2D eigenvalue weighted by Crippen LogP contribution is -2.16. The number of carbonyl (C=O) groups is 1. The molecule has 0 aliphatic carbocycles. The average Bonchev–Trinajstić information content (AvgIpc) is 3.06. The van der Waals surface area contributed by atoms with Crippen molar-refractivity contribution < 1.29 is 18.2 Å². The number of benzene rings is 2. The molecular formula is C17H15NO4S. The van der Waals surface area contributed by atoms with Crippen molar-refractivity contribution in [2.24, 2.45) is 0 Å². The van der Waals surface area contributed by atoms with Gasteiger partial charge < -0.3 is 9.15 Å². The first-order valence-corrected chi connectivity index (χ1v) is 8.12. The van der Waals surface area contributed by atoms with E-state index in [9.17, 15) is 9.00 Å². The van der Waals surface area contributed by atoms with Crippen LogP contribution in [0.4, 0.5) is 0 Å². The molecule has 118 valence electrons. The maximum absolute atomic E-state index is 12.2. The van der Waals surface area contributed by atoms with E-state index in [1.54, 1.807) is 30.5 Å². The Bertz CT molecular complexity index is 854. The van der Waals surface area contributed by atoms with E-state index < -0.39 is 17.0 Å². The summed E-state index contributed by atoms with van der Waals surface area (Å²) in [6.45, 7) is 0.446. The third-order valence-corrected chi connectivity index (χ3v) is 4.52. The van der Waals surface area contributed by atoms with Crippen molar-refractivity contribution >= 4 is 27.9 Å². The minimum atomic E-state index is -1.36. The van der Waals surface area contributed by atoms with Gasteiger partial charge in [0, 0.05) is 11.9 Å². The molecule has 1 atom stereocenters. The van der Waals surface area contributed by atoms with Gasteiger partial charge in [0.1, 0.15) is 16.6 Å². The van der Waals surface area contributed by atoms with Gasteiger partial charge in [-0.05, 0) is 42.0 Å². The molecule has 3 rings (SSSR count). The Balaban J connectivity index is 1.65. The fourth-order valence-electron chi connectivity index (χ4n) is 2.17. The summed E-state index contributed by atoms with van der Waals surface area (Å²) in [6, 6.07) is 14.2. The minimum absolute atomic E-state index is 0.415. The number of hydrogen-bond donors (Lipinski definition) is 1. The Morgan fingerprint density at radius 3 is 2.70 bits per heavy atom. The zero-order chi connectivity index (χ0) is 16.2. The number of rotatable bonds is 5. The van der Waals surface area contributed by atoms with Crippen molar-refractivity contribution in [3.05, 3.63) is 65.9 Å². The second kappa shape index (κ2) is 6.76. The van der Waals surface area contributed by atoms with E-state index in [1.165, 1.54) is 7.11 Å². The van der Waals surface area contributed by atoms with Crippen LogP contribution < -0.4 is 4.72 Å². The van der Waals surface area contributed by atoms with E-state index >= 15 is 0 Å². The summed E-state index contributed by atoms with van der Waals surface area (Å²) in [7, 11) is -0.0390. The number of ether oxygens (including phenoxy) is 1. The zero-order valence-electron chi connectivity index (χ0n) is 12.4. The fourth-order valence-corrected chi connectivity index (χ4v) is 3.02. The van der Waals surface area contributed by atoms with E-state index in [0.717, 1.165) is 16.5 Å². The first kappa shape index (κ1) is 15.5. The van der Waals surface area contributed by atoms with Crippen molar-refractivity contribution in [2.45, 2.75) is 11.4 Å². The Morgan fingerprint density at radius 1 is 1.17 bits per heavy atom. The molecular weight excluding hydrogens is 314 g/mol. The largest absolute Gasteiger partial charge is 0.465 e. The molecule has 1 aromatic heterocycles. The van der Waals surface area contributed by atoms with E-state index in [4.69, 9.17) is 4.42 Å². The highest BCUT2D eigenvalue weighted by Gasteiger charge is 2.08. The van der Waals surface area contributed by atoms with Gasteiger partial charge in [0.2, 0.25) is 0 Å². The number of fused-ring (bicyclic) bond motifs is 1. The van der Waals surface area contributed by atoms with Crippen LogP contribution >= 0.6 is 0 Å². The molecule has 6 heteroatoms. The van der Waals surface area contributed by atoms with Crippen LogP contribution in [-0.4, -0.2) is 17.3 Å². The van der Waals surface area contributed by atoms with Crippen molar-refractivity contribution in [3.63, 3.8) is 0 Å². The molecule has 1 N–H and O–H groups in total. The van der Waals surface area contributed by atoms with E-state index in [2.05, 4.69) is 9.46 Å². The lowest BCUT2D eigenvalue weighted by atomic mass is 10.2. The second-order valence-corrected chi connectivity index (χ2v) is 6.20. The zero-order valence-corrected chi connectivity index (χ0v) is 13.3. The summed E-state index contributed by atoms with van der Waals surface area (Å²) in [4.78, 5) is 12.0. The Labute approximate surface area is 135 Å². The topological polar surface area (TPSA) is 68.5 Å². The monoisotopic (exact) mass is 329 g/mol. The van der Waals surface area contributed by atoms with Crippen LogP contribution in [0, 0.1) is 0 Å². The van der Waals surface area contributed by atoms with Crippen molar-refractivity contribution in [1.29, 1.82) is 0 Å². The molecule has 1 unspecified atom stereocenters. The molecule has 0 amide bonds. The first-order chi connectivity index (χ1) is 11.2. The van der Waals surface area contributed by atoms with Crippen LogP contribution in [0.2, 0.25) is 0 Å². The Morgan fingerprint density at radius 2 is 1.96 bits per heavy atom. The van der Waals surface area contributed by atoms with Gasteiger partial charge in [0.05, 0.1) is 23.8 Å². The summed E-state index contributed by atoms with van der Waals surface area (Å²) in [6.07, 6.45) is 1.64. The van der Waals surface area contributed by atoms with Crippen LogP contribution in [0.25, 0.3) is 11.0 Å². The molecule has 23 heavy (non-hydrogen) atoms. The number of hydrogen-bond acceptors (Lipinski definition) is 4. The normalized spacial score (nSPS) is 12.2. The molecule has 3 aromatic rings. The summed E-state index contributed by atoms with van der Waals surface area (Å²) in [5.74, 6) is -0.415. The highest BCUT2D eigenvalue weighted by Crippen LogP contribution is 2.17. The lowest BCUT2D eigenvalue weighted by molar-refractivity contribution is 0.0600. The number of methoxy groups -OCH3 is 1. The Kier molecular flexibility index (Phi) is 4.55. The molecule has 0 aliphatic heterocycles. The number of carbonyl (C=O) groups excluding carboxylic acids is 1. The predicted molar refractivity (Wildman–Crippen MR) is 87.2 cm³/mol. The quantitative estimate of drug-likeness (QED) is 0.731. The van der Waals surface area contributed by atoms with Gasteiger partial charge in [-0.25, -0.2) is 13.7 Å². The number of esters is 1. The van der Waals surface area contributed by atoms with Crippen molar-refractivity contribution in [2.75, 3.05) is 7.11 Å². The SMILES string of the molecule is COC(=O)c1ccc(S(=O)NCc2ccc3ccoc3c2)cc1. The summed E-state index contributed by atoms with van der Waals surface area (Å²) < 4.78 is 25.2. The first-order valence-electron chi connectivity index (χ1n) is 6.97. The number of nitrogens with one attached hydrogen (secondary N) is 1. The maximum atomic E-state index is 12.2. The van der Waals surface area contributed by atoms with Crippen LogP contribution in [0.3, 0.4) is 0 Å². The number of furan rings is 1. The second-order valence-electron chi connectivity index (χ2n) is 4.90. The highest BCUT2D eigenvalue weighted by molar-refractivity contribution is 7.83. The van der Waals surface area contributed by atoms with Gasteiger partial charge >= 0.3 is 5.97 Å². The maximum Gasteiger partial charge on any atom is 0.337 e. The van der Waals surface area contributed by atoms with Gasteiger partial charge in [0.15, 0.2) is 0 Å². The predicted octanol–water partition coefficient (Wildman–Crippen LogP) is 3.03. The summed E-state index contributed by atoms with van der Waals surface area (Å²) in [5, 5.41) is 1.04. The molecule has 0 saturated heterocycles. The van der Waals surface area contributed by atoms with E-state index in [1.807, 2.05) is 24.3 Å². The minimum Gasteiger partial charge on any atom is -0.465 e. The molecule has 0 bridgehead atoms. The molecule has 0 spiro atoms. The highest BCUT2D eigenvalue weighted by atomic mass is 32.2. The fraction of sp³-hybridized carbons (Fsp3) is 0.118. The molecule has 0 fully saturated rings. The third-order valence-electron chi connectivity index (χ3n) is 3.42. The summed E-state index contributed by atoms with van der Waals surface area (Å²) >= 11 is 0. The molecule has 0 radical (unpaired) electrons. The lowest BCUT2D eigenvalue weighted by Gasteiger charge is -2.06. The Hall–Kier alpha value is -2.44. The van der Waals surface area contributed by atoms with Crippen LogP contribution in [0.15, 0.2) is 64.1 Å². The molecule has 0 aliphatic rings. The van der Waals surface area contributed by atoms with Crippen molar-refractivity contribution in [3.8, 4) is 0 Å². The van der Waals surface area contributed by atoms with Crippen molar-refractivity contribution in [1.82, 2.24) is 4.72 Å². The standard InChI is InChI=1S/C17H15NO4S/c1-21-17(19)14-4-6-15(7-5-14)23(20)18-11-12-2-3-13-8-9-22-16(13)10-12/h2-10,18H,11H2,1H3. The molecule has 1 heterocycles. The summed E-state index contributed by atoms with van der Waals surface area (Å²) in [5.41, 5.74) is 2.21. The van der Waals surface area contributed by atoms with E-state index in [-0.39, 0.29) is 0 Å². The smallest absolute Gasteiger partial charge is 0.337 e. The van der Waals surface area contributed by atoms with Gasteiger partial charge in [-0.15, -0.1) is 0 Å². The van der Waals surface area contributed by atoms with Gasteiger partial charge in [-0.3, -0.25) is 0 Å². The third kappa shape index (κ3) is 3.49.